The number of hydrogen-bond donors (Lipinski definition) is 1. The van der Waals surface area contributed by atoms with E-state index in [4.69, 9.17) is 4.52 Å². The zero-order valence-corrected chi connectivity index (χ0v) is 11.5. The summed E-state index contributed by atoms with van der Waals surface area (Å²) < 4.78 is 7.15. The Morgan fingerprint density at radius 2 is 2.00 bits per heavy atom. The summed E-state index contributed by atoms with van der Waals surface area (Å²) in [7, 11) is 1.97. The van der Waals surface area contributed by atoms with Crippen LogP contribution in [-0.2, 0) is 13.6 Å². The summed E-state index contributed by atoms with van der Waals surface area (Å²) >= 11 is 0. The predicted octanol–water partition coefficient (Wildman–Crippen LogP) is 1.58. The molecule has 0 fully saturated rings. The SMILES string of the molecule is Cc1noc(C)c1C(C)NCc1nnc(C)n1C. The van der Waals surface area contributed by atoms with Crippen molar-refractivity contribution in [3.05, 3.63) is 28.7 Å². The molecule has 1 atom stereocenters. The van der Waals surface area contributed by atoms with Gasteiger partial charge in [0.2, 0.25) is 0 Å². The van der Waals surface area contributed by atoms with Crippen molar-refractivity contribution in [2.24, 2.45) is 7.05 Å². The van der Waals surface area contributed by atoms with Crippen LogP contribution in [0.3, 0.4) is 0 Å². The van der Waals surface area contributed by atoms with Gasteiger partial charge in [-0.15, -0.1) is 10.2 Å². The van der Waals surface area contributed by atoms with Gasteiger partial charge in [-0.25, -0.2) is 0 Å². The second-order valence-corrected chi connectivity index (χ2v) is 4.56. The van der Waals surface area contributed by atoms with Crippen LogP contribution in [-0.4, -0.2) is 19.9 Å². The largest absolute Gasteiger partial charge is 0.361 e. The molecule has 0 saturated heterocycles. The summed E-state index contributed by atoms with van der Waals surface area (Å²) in [5, 5.41) is 15.5. The van der Waals surface area contributed by atoms with E-state index in [1.807, 2.05) is 32.4 Å². The van der Waals surface area contributed by atoms with E-state index in [0.717, 1.165) is 28.7 Å². The van der Waals surface area contributed by atoms with E-state index >= 15 is 0 Å². The van der Waals surface area contributed by atoms with E-state index in [1.165, 1.54) is 0 Å². The average molecular weight is 249 g/mol. The van der Waals surface area contributed by atoms with Gasteiger partial charge in [-0.2, -0.15) is 0 Å². The van der Waals surface area contributed by atoms with Gasteiger partial charge < -0.3 is 14.4 Å². The zero-order valence-electron chi connectivity index (χ0n) is 11.5. The van der Waals surface area contributed by atoms with Crippen molar-refractivity contribution in [3.63, 3.8) is 0 Å². The van der Waals surface area contributed by atoms with Crippen molar-refractivity contribution in [1.82, 2.24) is 25.2 Å². The molecule has 0 spiro atoms. The van der Waals surface area contributed by atoms with Gasteiger partial charge in [0, 0.05) is 18.7 Å². The van der Waals surface area contributed by atoms with Gasteiger partial charge in [-0.05, 0) is 27.7 Å². The first kappa shape index (κ1) is 12.8. The highest BCUT2D eigenvalue weighted by Crippen LogP contribution is 2.21. The van der Waals surface area contributed by atoms with Crippen LogP contribution >= 0.6 is 0 Å². The van der Waals surface area contributed by atoms with Crippen LogP contribution in [0.2, 0.25) is 0 Å². The Morgan fingerprint density at radius 3 is 2.50 bits per heavy atom. The van der Waals surface area contributed by atoms with Crippen molar-refractivity contribution >= 4 is 0 Å². The smallest absolute Gasteiger partial charge is 0.146 e. The zero-order chi connectivity index (χ0) is 13.3. The maximum atomic E-state index is 5.17. The van der Waals surface area contributed by atoms with Crippen molar-refractivity contribution in [1.29, 1.82) is 0 Å². The average Bonchev–Trinajstić information content (AvgIpc) is 2.82. The molecule has 1 N–H and O–H groups in total. The van der Waals surface area contributed by atoms with Crippen LogP contribution in [0, 0.1) is 20.8 Å². The molecule has 2 heterocycles. The standard InChI is InChI=1S/C12H19N5O/c1-7(12-8(2)16-18-9(12)3)13-6-11-15-14-10(4)17(11)5/h7,13H,6H2,1-5H3. The molecule has 0 aromatic carbocycles. The number of nitrogens with zero attached hydrogens (tertiary/aromatic N) is 4. The van der Waals surface area contributed by atoms with Crippen molar-refractivity contribution in [3.8, 4) is 0 Å². The lowest BCUT2D eigenvalue weighted by Gasteiger charge is -2.13. The van der Waals surface area contributed by atoms with E-state index in [-0.39, 0.29) is 6.04 Å². The molecule has 1 unspecified atom stereocenters. The minimum absolute atomic E-state index is 0.174. The normalized spacial score (nSPS) is 12.9. The minimum Gasteiger partial charge on any atom is -0.361 e. The van der Waals surface area contributed by atoms with E-state index in [9.17, 15) is 0 Å². The summed E-state index contributed by atoms with van der Waals surface area (Å²) in [6, 6.07) is 0.174. The molecule has 0 aliphatic rings. The molecule has 0 radical (unpaired) electrons. The first-order valence-electron chi connectivity index (χ1n) is 6.01. The van der Waals surface area contributed by atoms with Gasteiger partial charge in [0.25, 0.3) is 0 Å². The Labute approximate surface area is 106 Å². The van der Waals surface area contributed by atoms with Crippen molar-refractivity contribution < 1.29 is 4.52 Å². The first-order chi connectivity index (χ1) is 8.50. The third kappa shape index (κ3) is 2.28. The maximum Gasteiger partial charge on any atom is 0.146 e. The molecule has 0 aliphatic heterocycles. The van der Waals surface area contributed by atoms with Crippen LogP contribution in [0.15, 0.2) is 4.52 Å². The minimum atomic E-state index is 0.174. The van der Waals surface area contributed by atoms with Crippen LogP contribution in [0.4, 0.5) is 0 Å². The lowest BCUT2D eigenvalue weighted by Crippen LogP contribution is -2.21. The Kier molecular flexibility index (Phi) is 3.47. The number of nitrogens with one attached hydrogen (secondary N) is 1. The third-order valence-electron chi connectivity index (χ3n) is 3.27. The lowest BCUT2D eigenvalue weighted by molar-refractivity contribution is 0.390. The number of hydrogen-bond acceptors (Lipinski definition) is 5. The quantitative estimate of drug-likeness (QED) is 0.891. The Morgan fingerprint density at radius 1 is 1.28 bits per heavy atom. The highest BCUT2D eigenvalue weighted by molar-refractivity contribution is 5.24. The van der Waals surface area contributed by atoms with Gasteiger partial charge in [0.05, 0.1) is 12.2 Å². The Bertz CT molecular complexity index is 523. The number of rotatable bonds is 4. The number of aryl methyl sites for hydroxylation is 3. The van der Waals surface area contributed by atoms with E-state index < -0.39 is 0 Å². The molecule has 0 bridgehead atoms. The molecule has 6 nitrogen and oxygen atoms in total. The highest BCUT2D eigenvalue weighted by atomic mass is 16.5. The fourth-order valence-corrected chi connectivity index (χ4v) is 2.06. The summed E-state index contributed by atoms with van der Waals surface area (Å²) in [5.74, 6) is 2.70. The van der Waals surface area contributed by atoms with Crippen molar-refractivity contribution in [2.75, 3.05) is 0 Å². The van der Waals surface area contributed by atoms with Crippen LogP contribution in [0.25, 0.3) is 0 Å². The van der Waals surface area contributed by atoms with Crippen LogP contribution < -0.4 is 5.32 Å². The van der Waals surface area contributed by atoms with Gasteiger partial charge >= 0.3 is 0 Å². The summed E-state index contributed by atoms with van der Waals surface area (Å²) in [6.45, 7) is 8.59. The van der Waals surface area contributed by atoms with Gasteiger partial charge in [0.1, 0.15) is 17.4 Å². The third-order valence-corrected chi connectivity index (χ3v) is 3.27. The molecule has 6 heteroatoms. The molecular formula is C12H19N5O. The van der Waals surface area contributed by atoms with Crippen LogP contribution in [0.5, 0.6) is 0 Å². The molecular weight excluding hydrogens is 230 g/mol. The van der Waals surface area contributed by atoms with Crippen molar-refractivity contribution in [2.45, 2.75) is 40.3 Å². The summed E-state index contributed by atoms with van der Waals surface area (Å²) in [5.41, 5.74) is 2.05. The molecule has 98 valence electrons. The lowest BCUT2D eigenvalue weighted by atomic mass is 10.1. The second-order valence-electron chi connectivity index (χ2n) is 4.56. The highest BCUT2D eigenvalue weighted by Gasteiger charge is 2.16. The molecule has 18 heavy (non-hydrogen) atoms. The molecule has 0 saturated carbocycles. The van der Waals surface area contributed by atoms with E-state index in [2.05, 4.69) is 27.6 Å². The summed E-state index contributed by atoms with van der Waals surface area (Å²) in [6.07, 6.45) is 0. The molecule has 2 aromatic heterocycles. The monoisotopic (exact) mass is 249 g/mol. The second kappa shape index (κ2) is 4.89. The summed E-state index contributed by atoms with van der Waals surface area (Å²) in [4.78, 5) is 0. The predicted molar refractivity (Wildman–Crippen MR) is 67.0 cm³/mol. The molecule has 0 aliphatic carbocycles. The molecule has 2 rings (SSSR count). The maximum absolute atomic E-state index is 5.17. The van der Waals surface area contributed by atoms with Gasteiger partial charge in [0.15, 0.2) is 0 Å². The first-order valence-corrected chi connectivity index (χ1v) is 6.01. The van der Waals surface area contributed by atoms with E-state index in [0.29, 0.717) is 6.54 Å². The van der Waals surface area contributed by atoms with E-state index in [1.54, 1.807) is 0 Å². The topological polar surface area (TPSA) is 68.8 Å². The molecule has 0 amide bonds. The Hall–Kier alpha value is -1.69. The Balaban J connectivity index is 2.05. The molecule has 2 aromatic rings. The van der Waals surface area contributed by atoms with Gasteiger partial charge in [-0.3, -0.25) is 0 Å². The number of aromatic nitrogens is 4. The fourth-order valence-electron chi connectivity index (χ4n) is 2.06. The van der Waals surface area contributed by atoms with Gasteiger partial charge in [-0.1, -0.05) is 5.16 Å². The fraction of sp³-hybridized carbons (Fsp3) is 0.583. The van der Waals surface area contributed by atoms with Crippen LogP contribution in [0.1, 0.15) is 41.6 Å².